The molecule has 1 unspecified atom stereocenters. The number of hydrogen-bond acceptors (Lipinski definition) is 5. The number of anilines is 1. The minimum atomic E-state index is -3.76. The van der Waals surface area contributed by atoms with Gasteiger partial charge >= 0.3 is 6.29 Å². The van der Waals surface area contributed by atoms with E-state index in [0.29, 0.717) is 35.9 Å². The maximum Gasteiger partial charge on any atom is 0.586 e. The number of benzene rings is 2. The van der Waals surface area contributed by atoms with Crippen LogP contribution in [0.1, 0.15) is 44.9 Å². The summed E-state index contributed by atoms with van der Waals surface area (Å²) in [4.78, 5) is 13.3. The second kappa shape index (κ2) is 8.66. The van der Waals surface area contributed by atoms with Gasteiger partial charge in [0.1, 0.15) is 5.82 Å². The van der Waals surface area contributed by atoms with Gasteiger partial charge in [-0.25, -0.2) is 4.39 Å². The number of carbonyl (C=O) groups is 1. The van der Waals surface area contributed by atoms with Gasteiger partial charge in [-0.2, -0.15) is 0 Å². The maximum atomic E-state index is 15.3. The molecule has 198 valence electrons. The third-order valence-electron chi connectivity index (χ3n) is 7.27. The molecule has 2 aliphatic rings. The van der Waals surface area contributed by atoms with Crippen molar-refractivity contribution >= 4 is 22.5 Å². The van der Waals surface area contributed by atoms with Crippen LogP contribution in [0.3, 0.4) is 0 Å². The third kappa shape index (κ3) is 4.42. The summed E-state index contributed by atoms with van der Waals surface area (Å²) in [5, 5.41) is 22.9. The van der Waals surface area contributed by atoms with Gasteiger partial charge in [0.25, 0.3) is 0 Å². The van der Waals surface area contributed by atoms with Crippen LogP contribution in [0.2, 0.25) is 0 Å². The molecule has 1 aliphatic heterocycles. The van der Waals surface area contributed by atoms with Crippen LogP contribution in [-0.2, 0) is 22.2 Å². The molecule has 10 heteroatoms. The summed E-state index contributed by atoms with van der Waals surface area (Å²) in [5.41, 5.74) is 0.251. The Morgan fingerprint density at radius 3 is 2.49 bits per heavy atom. The van der Waals surface area contributed by atoms with E-state index >= 15 is 4.39 Å². The minimum Gasteiger partial charge on any atom is -0.396 e. The summed E-state index contributed by atoms with van der Waals surface area (Å²) >= 11 is 0. The first-order valence-electron chi connectivity index (χ1n) is 12.2. The van der Waals surface area contributed by atoms with E-state index in [1.54, 1.807) is 12.1 Å². The molecule has 1 amide bonds. The number of ether oxygens (including phenoxy) is 2. The highest BCUT2D eigenvalue weighted by molar-refractivity contribution is 6.02. The monoisotopic (exact) mass is 518 g/mol. The normalized spacial score (nSPS) is 18.2. The van der Waals surface area contributed by atoms with Crippen molar-refractivity contribution < 1.29 is 37.7 Å². The second-order valence-corrected chi connectivity index (χ2v) is 10.7. The fourth-order valence-electron chi connectivity index (χ4n) is 4.85. The number of nitrogens with zero attached hydrogens (tertiary/aromatic N) is 1. The smallest absolute Gasteiger partial charge is 0.396 e. The van der Waals surface area contributed by atoms with E-state index in [4.69, 9.17) is 0 Å². The lowest BCUT2D eigenvalue weighted by atomic mass is 9.90. The van der Waals surface area contributed by atoms with E-state index < -0.39 is 28.8 Å². The van der Waals surface area contributed by atoms with Crippen LogP contribution in [0.25, 0.3) is 10.9 Å². The molecule has 37 heavy (non-hydrogen) atoms. The molecule has 0 spiro atoms. The Labute approximate surface area is 211 Å². The Bertz CT molecular complexity index is 1380. The van der Waals surface area contributed by atoms with E-state index in [9.17, 15) is 23.8 Å². The van der Waals surface area contributed by atoms with E-state index in [2.05, 4.69) is 14.8 Å². The number of halogens is 3. The fraction of sp³-hybridized carbons (Fsp3) is 0.444. The molecule has 1 aliphatic carbocycles. The molecule has 1 aromatic heterocycles. The van der Waals surface area contributed by atoms with Crippen molar-refractivity contribution in [3.05, 3.63) is 53.5 Å². The summed E-state index contributed by atoms with van der Waals surface area (Å²) in [5.74, 6) is -1.43. The Morgan fingerprint density at radius 1 is 1.14 bits per heavy atom. The lowest BCUT2D eigenvalue weighted by Gasteiger charge is -2.25. The first-order valence-corrected chi connectivity index (χ1v) is 12.2. The first kappa shape index (κ1) is 25.4. The van der Waals surface area contributed by atoms with E-state index in [-0.39, 0.29) is 36.3 Å². The molecule has 2 aromatic carbocycles. The standard InChI is InChI=1S/C27H29F3N2O5/c1-15(13-33)12-32-20-11-18(28)19(8-16(20)9-23(32)25(2,3)14-34)31-24(35)26(6-7-26)17-4-5-21-22(10-17)37-27(29,30)36-21/h4-5,8-11,15,33-34H,6-7,12-14H2,1-3H3,(H,31,35). The highest BCUT2D eigenvalue weighted by Gasteiger charge is 2.53. The van der Waals surface area contributed by atoms with Crippen LogP contribution < -0.4 is 14.8 Å². The lowest BCUT2D eigenvalue weighted by molar-refractivity contribution is -0.286. The van der Waals surface area contributed by atoms with Gasteiger partial charge in [0, 0.05) is 35.7 Å². The number of hydrogen-bond donors (Lipinski definition) is 3. The zero-order valence-electron chi connectivity index (χ0n) is 20.8. The van der Waals surface area contributed by atoms with Crippen LogP contribution in [0.5, 0.6) is 11.5 Å². The Hall–Kier alpha value is -3.24. The number of alkyl halides is 2. The van der Waals surface area contributed by atoms with E-state index in [1.807, 2.05) is 31.4 Å². The Kier molecular flexibility index (Phi) is 5.95. The molecule has 5 rings (SSSR count). The van der Waals surface area contributed by atoms with Crippen LogP contribution in [0, 0.1) is 11.7 Å². The van der Waals surface area contributed by atoms with Crippen LogP contribution in [-0.4, -0.2) is 40.2 Å². The van der Waals surface area contributed by atoms with Crippen molar-refractivity contribution in [1.82, 2.24) is 4.57 Å². The number of amides is 1. The number of rotatable bonds is 8. The number of carbonyl (C=O) groups excluding carboxylic acids is 1. The van der Waals surface area contributed by atoms with Crippen LogP contribution in [0.4, 0.5) is 18.9 Å². The molecule has 1 atom stereocenters. The molecule has 0 bridgehead atoms. The molecule has 2 heterocycles. The average molecular weight is 519 g/mol. The molecular weight excluding hydrogens is 489 g/mol. The minimum absolute atomic E-state index is 0.00300. The third-order valence-corrected chi connectivity index (χ3v) is 7.27. The molecule has 1 saturated carbocycles. The predicted octanol–water partition coefficient (Wildman–Crippen LogP) is 4.67. The first-order chi connectivity index (χ1) is 17.4. The summed E-state index contributed by atoms with van der Waals surface area (Å²) < 4.78 is 53.0. The number of aromatic nitrogens is 1. The molecule has 0 radical (unpaired) electrons. The SMILES string of the molecule is CC(CO)Cn1c(C(C)(C)CO)cc2cc(NC(=O)C3(c4ccc5c(c4)OC(F)(F)O5)CC3)c(F)cc21. The van der Waals surface area contributed by atoms with Gasteiger partial charge in [0.15, 0.2) is 11.5 Å². The van der Waals surface area contributed by atoms with Gasteiger partial charge in [-0.1, -0.05) is 26.8 Å². The molecule has 1 fully saturated rings. The number of aliphatic hydroxyl groups excluding tert-OH is 2. The summed E-state index contributed by atoms with van der Waals surface area (Å²) in [6, 6.07) is 9.00. The topological polar surface area (TPSA) is 93.0 Å². The van der Waals surface area contributed by atoms with Crippen molar-refractivity contribution in [3.8, 4) is 11.5 Å². The molecular formula is C27H29F3N2O5. The van der Waals surface area contributed by atoms with Gasteiger partial charge in [0.05, 0.1) is 23.2 Å². The molecule has 7 nitrogen and oxygen atoms in total. The average Bonchev–Trinajstić information content (AvgIpc) is 3.50. The highest BCUT2D eigenvalue weighted by Crippen LogP contribution is 2.52. The van der Waals surface area contributed by atoms with Crippen molar-refractivity contribution in [1.29, 1.82) is 0 Å². The predicted molar refractivity (Wildman–Crippen MR) is 130 cm³/mol. The zero-order chi connectivity index (χ0) is 26.8. The number of nitrogens with one attached hydrogen (secondary N) is 1. The van der Waals surface area contributed by atoms with Gasteiger partial charge in [0.2, 0.25) is 5.91 Å². The van der Waals surface area contributed by atoms with Crippen LogP contribution in [0.15, 0.2) is 36.4 Å². The van der Waals surface area contributed by atoms with E-state index in [0.717, 1.165) is 5.69 Å². The summed E-state index contributed by atoms with van der Waals surface area (Å²) in [7, 11) is 0. The molecule has 3 aromatic rings. The number of fused-ring (bicyclic) bond motifs is 2. The summed E-state index contributed by atoms with van der Waals surface area (Å²) in [6.07, 6.45) is -2.81. The van der Waals surface area contributed by atoms with Crippen LogP contribution >= 0.6 is 0 Å². The largest absolute Gasteiger partial charge is 0.586 e. The maximum absolute atomic E-state index is 15.3. The zero-order valence-corrected chi connectivity index (χ0v) is 20.8. The van der Waals surface area contributed by atoms with E-state index in [1.165, 1.54) is 18.2 Å². The van der Waals surface area contributed by atoms with Crippen molar-refractivity contribution in [2.45, 2.75) is 57.3 Å². The second-order valence-electron chi connectivity index (χ2n) is 10.7. The summed E-state index contributed by atoms with van der Waals surface area (Å²) in [6.45, 7) is 5.87. The fourth-order valence-corrected chi connectivity index (χ4v) is 4.85. The van der Waals surface area contributed by atoms with Gasteiger partial charge < -0.3 is 29.6 Å². The molecule has 0 saturated heterocycles. The quantitative estimate of drug-likeness (QED) is 0.403. The van der Waals surface area contributed by atoms with Gasteiger partial charge in [-0.05, 0) is 48.6 Å². The lowest BCUT2D eigenvalue weighted by Crippen LogP contribution is -2.28. The molecule has 3 N–H and O–H groups in total. The van der Waals surface area contributed by atoms with Gasteiger partial charge in [-0.15, -0.1) is 8.78 Å². The Morgan fingerprint density at radius 2 is 1.84 bits per heavy atom. The van der Waals surface area contributed by atoms with Crippen molar-refractivity contribution in [2.24, 2.45) is 5.92 Å². The van der Waals surface area contributed by atoms with Crippen molar-refractivity contribution in [3.63, 3.8) is 0 Å². The van der Waals surface area contributed by atoms with Crippen molar-refractivity contribution in [2.75, 3.05) is 18.5 Å². The Balaban J connectivity index is 1.46. The van der Waals surface area contributed by atoms with Gasteiger partial charge in [-0.3, -0.25) is 4.79 Å². The number of aliphatic hydroxyl groups is 2. The highest BCUT2D eigenvalue weighted by atomic mass is 19.3.